The molecule has 2 aromatic carbocycles. The van der Waals surface area contributed by atoms with E-state index >= 15 is 0 Å². The number of nitrogens with one attached hydrogen (secondary N) is 1. The highest BCUT2D eigenvalue weighted by Crippen LogP contribution is 2.29. The van der Waals surface area contributed by atoms with Crippen molar-refractivity contribution < 1.29 is 14.4 Å². The fraction of sp³-hybridized carbons (Fsp3) is 0.0435. The van der Waals surface area contributed by atoms with Gasteiger partial charge in [0.2, 0.25) is 0 Å². The zero-order valence-electron chi connectivity index (χ0n) is 15.5. The molecule has 5 rings (SSSR count). The van der Waals surface area contributed by atoms with Crippen LogP contribution in [-0.2, 0) is 0 Å². The molecule has 0 spiro atoms. The number of fused-ring (bicyclic) bond motifs is 3. The molecular formula is C23H15N3O3. The van der Waals surface area contributed by atoms with E-state index in [1.165, 1.54) is 0 Å². The molecule has 0 saturated carbocycles. The molecule has 29 heavy (non-hydrogen) atoms. The van der Waals surface area contributed by atoms with Crippen LogP contribution in [0.1, 0.15) is 48.0 Å². The van der Waals surface area contributed by atoms with Crippen molar-refractivity contribution in [2.45, 2.75) is 6.92 Å². The summed E-state index contributed by atoms with van der Waals surface area (Å²) < 4.78 is 1.72. The van der Waals surface area contributed by atoms with Gasteiger partial charge >= 0.3 is 0 Å². The summed E-state index contributed by atoms with van der Waals surface area (Å²) in [6.45, 7) is 1.77. The Kier molecular flexibility index (Phi) is 3.67. The lowest BCUT2D eigenvalue weighted by atomic mass is 9.84. The second-order valence-corrected chi connectivity index (χ2v) is 6.89. The van der Waals surface area contributed by atoms with Crippen molar-refractivity contribution in [3.63, 3.8) is 0 Å². The Morgan fingerprint density at radius 3 is 2.28 bits per heavy atom. The maximum Gasteiger partial charge on any atom is 0.274 e. The van der Waals surface area contributed by atoms with Crippen molar-refractivity contribution in [1.29, 1.82) is 0 Å². The van der Waals surface area contributed by atoms with Crippen molar-refractivity contribution >= 4 is 28.8 Å². The fourth-order valence-electron chi connectivity index (χ4n) is 3.75. The van der Waals surface area contributed by atoms with Gasteiger partial charge in [0.1, 0.15) is 11.3 Å². The molecule has 0 atom stereocenters. The Balaban J connectivity index is 1.52. The van der Waals surface area contributed by atoms with Crippen LogP contribution in [0.2, 0.25) is 0 Å². The van der Waals surface area contributed by atoms with Gasteiger partial charge < -0.3 is 5.32 Å². The number of ketones is 2. The van der Waals surface area contributed by atoms with Crippen molar-refractivity contribution in [3.8, 4) is 0 Å². The maximum atomic E-state index is 12.9. The molecule has 0 radical (unpaired) electrons. The van der Waals surface area contributed by atoms with E-state index in [9.17, 15) is 14.4 Å². The third-order valence-electron chi connectivity index (χ3n) is 5.10. The van der Waals surface area contributed by atoms with Gasteiger partial charge in [-0.3, -0.25) is 18.8 Å². The predicted molar refractivity (Wildman–Crippen MR) is 108 cm³/mol. The molecule has 0 bridgehead atoms. The molecule has 1 amide bonds. The molecule has 1 aliphatic carbocycles. The normalized spacial score (nSPS) is 12.6. The number of benzene rings is 2. The number of aromatic nitrogens is 2. The minimum Gasteiger partial charge on any atom is -0.321 e. The van der Waals surface area contributed by atoms with Crippen molar-refractivity contribution in [2.75, 3.05) is 5.32 Å². The molecule has 0 saturated heterocycles. The third-order valence-corrected chi connectivity index (χ3v) is 5.10. The largest absolute Gasteiger partial charge is 0.321 e. The van der Waals surface area contributed by atoms with Gasteiger partial charge in [0.25, 0.3) is 5.91 Å². The van der Waals surface area contributed by atoms with Crippen LogP contribution in [0.15, 0.2) is 66.9 Å². The number of imidazole rings is 1. The zero-order chi connectivity index (χ0) is 20.1. The average Bonchev–Trinajstić information content (AvgIpc) is 3.07. The SMILES string of the molecule is Cc1nc2ccccn2c1C(=O)Nc1ccc2c(c1)C(=O)c1ccccc1C2=O. The van der Waals surface area contributed by atoms with E-state index in [2.05, 4.69) is 10.3 Å². The number of hydrogen-bond donors (Lipinski definition) is 1. The van der Waals surface area contributed by atoms with E-state index in [0.717, 1.165) is 0 Å². The van der Waals surface area contributed by atoms with Crippen LogP contribution in [0.4, 0.5) is 5.69 Å². The second kappa shape index (κ2) is 6.24. The summed E-state index contributed by atoms with van der Waals surface area (Å²) in [6, 6.07) is 17.0. The first-order valence-corrected chi connectivity index (χ1v) is 9.12. The zero-order valence-corrected chi connectivity index (χ0v) is 15.5. The highest BCUT2D eigenvalue weighted by molar-refractivity contribution is 6.28. The van der Waals surface area contributed by atoms with Gasteiger partial charge in [-0.1, -0.05) is 30.3 Å². The molecule has 140 valence electrons. The summed E-state index contributed by atoms with van der Waals surface area (Å²) in [7, 11) is 0. The Morgan fingerprint density at radius 2 is 1.52 bits per heavy atom. The fourth-order valence-corrected chi connectivity index (χ4v) is 3.75. The van der Waals surface area contributed by atoms with Gasteiger partial charge in [-0.15, -0.1) is 0 Å². The molecule has 0 unspecified atom stereocenters. The number of nitrogens with zero attached hydrogens (tertiary/aromatic N) is 2. The Labute approximate surface area is 165 Å². The van der Waals surface area contributed by atoms with Crippen LogP contribution in [0.3, 0.4) is 0 Å². The number of amides is 1. The third kappa shape index (κ3) is 2.57. The van der Waals surface area contributed by atoms with Crippen LogP contribution >= 0.6 is 0 Å². The van der Waals surface area contributed by atoms with Gasteiger partial charge in [-0.05, 0) is 37.3 Å². The van der Waals surface area contributed by atoms with Crippen molar-refractivity contribution in [2.24, 2.45) is 0 Å². The van der Waals surface area contributed by atoms with E-state index in [1.807, 2.05) is 18.2 Å². The highest BCUT2D eigenvalue weighted by Gasteiger charge is 2.29. The minimum absolute atomic E-state index is 0.189. The summed E-state index contributed by atoms with van der Waals surface area (Å²) in [4.78, 5) is 42.9. The molecule has 4 aromatic rings. The van der Waals surface area contributed by atoms with Gasteiger partial charge in [0, 0.05) is 34.1 Å². The monoisotopic (exact) mass is 381 g/mol. The van der Waals surface area contributed by atoms with E-state index < -0.39 is 0 Å². The number of carbonyl (C=O) groups is 3. The van der Waals surface area contributed by atoms with Crippen molar-refractivity contribution in [1.82, 2.24) is 9.38 Å². The van der Waals surface area contributed by atoms with E-state index in [0.29, 0.717) is 45.0 Å². The number of rotatable bonds is 2. The smallest absolute Gasteiger partial charge is 0.274 e. The predicted octanol–water partition coefficient (Wildman–Crippen LogP) is 3.67. The Morgan fingerprint density at radius 1 is 0.862 bits per heavy atom. The number of aryl methyl sites for hydroxylation is 1. The highest BCUT2D eigenvalue weighted by atomic mass is 16.2. The molecular weight excluding hydrogens is 366 g/mol. The molecule has 2 heterocycles. The molecule has 1 aliphatic rings. The average molecular weight is 381 g/mol. The molecule has 0 aliphatic heterocycles. The van der Waals surface area contributed by atoms with Crippen LogP contribution in [0, 0.1) is 6.92 Å². The van der Waals surface area contributed by atoms with Crippen LogP contribution < -0.4 is 5.32 Å². The number of pyridine rings is 1. The van der Waals surface area contributed by atoms with Crippen molar-refractivity contribution in [3.05, 3.63) is 101 Å². The van der Waals surface area contributed by atoms with E-state index in [1.54, 1.807) is 60.0 Å². The maximum absolute atomic E-state index is 12.9. The molecule has 1 N–H and O–H groups in total. The second-order valence-electron chi connectivity index (χ2n) is 6.89. The topological polar surface area (TPSA) is 80.5 Å². The van der Waals surface area contributed by atoms with E-state index in [4.69, 9.17) is 0 Å². The van der Waals surface area contributed by atoms with Gasteiger partial charge in [0.05, 0.1) is 5.69 Å². The molecule has 6 nitrogen and oxygen atoms in total. The molecule has 2 aromatic heterocycles. The van der Waals surface area contributed by atoms with Gasteiger partial charge in [-0.2, -0.15) is 0 Å². The van der Waals surface area contributed by atoms with Gasteiger partial charge in [-0.25, -0.2) is 4.98 Å². The summed E-state index contributed by atoms with van der Waals surface area (Å²) >= 11 is 0. The molecule has 0 fully saturated rings. The van der Waals surface area contributed by atoms with Crippen LogP contribution in [0.5, 0.6) is 0 Å². The minimum atomic E-state index is -0.337. The lowest BCUT2D eigenvalue weighted by molar-refractivity contribution is 0.0979. The summed E-state index contributed by atoms with van der Waals surface area (Å²) in [5.74, 6) is -0.751. The summed E-state index contributed by atoms with van der Waals surface area (Å²) in [6.07, 6.45) is 1.77. The van der Waals surface area contributed by atoms with E-state index in [-0.39, 0.29) is 17.5 Å². The van der Waals surface area contributed by atoms with Crippen LogP contribution in [0.25, 0.3) is 5.65 Å². The number of hydrogen-bond acceptors (Lipinski definition) is 4. The Hall–Kier alpha value is -4.06. The first-order valence-electron chi connectivity index (χ1n) is 9.12. The summed E-state index contributed by atoms with van der Waals surface area (Å²) in [5.41, 5.74) is 3.57. The lowest BCUT2D eigenvalue weighted by Gasteiger charge is -2.18. The first-order chi connectivity index (χ1) is 14.0. The standard InChI is InChI=1S/C23H15N3O3/c1-13-20(26-11-5-4-8-19(26)24-13)23(29)25-14-9-10-17-18(12-14)22(28)16-7-3-2-6-15(16)21(17)27/h2-12H,1H3,(H,25,29). The summed E-state index contributed by atoms with van der Waals surface area (Å²) in [5, 5.41) is 2.82. The van der Waals surface area contributed by atoms with Gasteiger partial charge in [0.15, 0.2) is 11.6 Å². The number of carbonyl (C=O) groups excluding carboxylic acids is 3. The van der Waals surface area contributed by atoms with Crippen LogP contribution in [-0.4, -0.2) is 26.9 Å². The lowest BCUT2D eigenvalue weighted by Crippen LogP contribution is -2.21. The Bertz CT molecular complexity index is 1350. The quantitative estimate of drug-likeness (QED) is 0.506. The first kappa shape index (κ1) is 17.1. The number of anilines is 1. The molecule has 6 heteroatoms.